The van der Waals surface area contributed by atoms with Crippen LogP contribution in [0.4, 0.5) is 0 Å². The van der Waals surface area contributed by atoms with Crippen LogP contribution in [0.1, 0.15) is 29.2 Å². The molecule has 0 spiro atoms. The van der Waals surface area contributed by atoms with Gasteiger partial charge in [0.15, 0.2) is 5.78 Å². The molecule has 0 saturated carbocycles. The molecule has 1 aliphatic heterocycles. The third-order valence-corrected chi connectivity index (χ3v) is 3.65. The van der Waals surface area contributed by atoms with Gasteiger partial charge in [0.1, 0.15) is 11.5 Å². The third kappa shape index (κ3) is 2.86. The van der Waals surface area contributed by atoms with E-state index >= 15 is 0 Å². The predicted molar refractivity (Wildman–Crippen MR) is 89.6 cm³/mol. The van der Waals surface area contributed by atoms with E-state index in [2.05, 4.69) is 50.3 Å². The number of carbonyl (C=O) groups excluding carboxylic acids is 1. The normalized spacial score (nSPS) is 15.0. The Kier molecular flexibility index (Phi) is 3.68. The highest BCUT2D eigenvalue weighted by molar-refractivity contribution is 5.98. The molecule has 2 aromatic rings. The smallest absolute Gasteiger partial charge is 0.156 e. The summed E-state index contributed by atoms with van der Waals surface area (Å²) in [4.78, 5) is 11.5. The molecule has 0 atom stereocenters. The summed E-state index contributed by atoms with van der Waals surface area (Å²) in [5.41, 5.74) is 5.41. The van der Waals surface area contributed by atoms with Gasteiger partial charge in [0, 0.05) is 17.2 Å². The van der Waals surface area contributed by atoms with Crippen LogP contribution in [0.15, 0.2) is 54.3 Å². The summed E-state index contributed by atoms with van der Waals surface area (Å²) < 4.78 is 5.97. The van der Waals surface area contributed by atoms with Crippen molar-refractivity contribution in [3.63, 3.8) is 0 Å². The molecule has 2 heteroatoms. The van der Waals surface area contributed by atoms with Crippen molar-refractivity contribution in [3.8, 4) is 5.75 Å². The molecule has 0 N–H and O–H groups in total. The van der Waals surface area contributed by atoms with E-state index < -0.39 is 0 Å². The summed E-state index contributed by atoms with van der Waals surface area (Å²) in [6.45, 7) is 5.65. The molecule has 0 amide bonds. The molecule has 0 fully saturated rings. The number of fused-ring (bicyclic) bond motifs is 1. The second kappa shape index (κ2) is 5.64. The van der Waals surface area contributed by atoms with Crippen molar-refractivity contribution >= 4 is 17.4 Å². The fourth-order valence-corrected chi connectivity index (χ4v) is 2.52. The number of allylic oxidation sites excluding steroid dienone is 2. The zero-order valence-corrected chi connectivity index (χ0v) is 13.0. The summed E-state index contributed by atoms with van der Waals surface area (Å²) in [5.74, 6) is 1.37. The summed E-state index contributed by atoms with van der Waals surface area (Å²) in [5, 5.41) is 0. The Labute approximate surface area is 130 Å². The van der Waals surface area contributed by atoms with Gasteiger partial charge in [-0.25, -0.2) is 0 Å². The van der Waals surface area contributed by atoms with Gasteiger partial charge in [0.2, 0.25) is 0 Å². The van der Waals surface area contributed by atoms with Gasteiger partial charge < -0.3 is 4.74 Å². The first-order valence-corrected chi connectivity index (χ1v) is 7.33. The second-order valence-corrected chi connectivity index (χ2v) is 5.69. The summed E-state index contributed by atoms with van der Waals surface area (Å²) in [7, 11) is 0. The zero-order chi connectivity index (χ0) is 15.7. The molecule has 0 aliphatic carbocycles. The van der Waals surface area contributed by atoms with E-state index in [-0.39, 0.29) is 5.78 Å². The summed E-state index contributed by atoms with van der Waals surface area (Å²) in [6, 6.07) is 14.3. The van der Waals surface area contributed by atoms with E-state index in [1.54, 1.807) is 6.08 Å². The number of benzene rings is 2. The van der Waals surface area contributed by atoms with Crippen LogP contribution >= 0.6 is 0 Å². The number of hydrogen-bond donors (Lipinski definition) is 0. The summed E-state index contributed by atoms with van der Waals surface area (Å²) >= 11 is 0. The van der Waals surface area contributed by atoms with E-state index in [0.717, 1.165) is 22.4 Å². The highest BCUT2D eigenvalue weighted by Gasteiger charge is 2.19. The number of ketones is 1. The van der Waals surface area contributed by atoms with Crippen LogP contribution in [0, 0.1) is 13.8 Å². The highest BCUT2D eigenvalue weighted by Crippen LogP contribution is 2.37. The number of rotatable bonds is 2. The molecule has 0 saturated heterocycles. The molecule has 22 heavy (non-hydrogen) atoms. The molecule has 110 valence electrons. The number of carbonyl (C=O) groups is 1. The molecule has 2 nitrogen and oxygen atoms in total. The van der Waals surface area contributed by atoms with E-state index in [4.69, 9.17) is 4.74 Å². The predicted octanol–water partition coefficient (Wildman–Crippen LogP) is 4.71. The van der Waals surface area contributed by atoms with E-state index in [0.29, 0.717) is 5.76 Å². The Balaban J connectivity index is 2.16. The fourth-order valence-electron chi connectivity index (χ4n) is 2.52. The Morgan fingerprint density at radius 1 is 1.00 bits per heavy atom. The molecule has 2 aromatic carbocycles. The van der Waals surface area contributed by atoms with Crippen molar-refractivity contribution < 1.29 is 9.53 Å². The molecule has 0 unspecified atom stereocenters. The Morgan fingerprint density at radius 3 is 2.36 bits per heavy atom. The van der Waals surface area contributed by atoms with Crippen LogP contribution in [0.25, 0.3) is 11.6 Å². The van der Waals surface area contributed by atoms with Crippen LogP contribution in [0.5, 0.6) is 5.75 Å². The molecular weight excluding hydrogens is 272 g/mol. The van der Waals surface area contributed by atoms with Gasteiger partial charge >= 0.3 is 0 Å². The number of hydrogen-bond acceptors (Lipinski definition) is 2. The topological polar surface area (TPSA) is 26.3 Å². The van der Waals surface area contributed by atoms with Crippen LogP contribution in [0.2, 0.25) is 0 Å². The minimum atomic E-state index is -0.0245. The lowest BCUT2D eigenvalue weighted by molar-refractivity contribution is -0.112. The first-order valence-electron chi connectivity index (χ1n) is 7.33. The van der Waals surface area contributed by atoms with Crippen molar-refractivity contribution in [2.24, 2.45) is 0 Å². The van der Waals surface area contributed by atoms with Gasteiger partial charge in [-0.15, -0.1) is 0 Å². The first kappa shape index (κ1) is 14.3. The highest BCUT2D eigenvalue weighted by atomic mass is 16.5. The molecule has 3 rings (SSSR count). The maximum atomic E-state index is 11.5. The maximum Gasteiger partial charge on any atom is 0.156 e. The Morgan fingerprint density at radius 2 is 1.68 bits per heavy atom. The van der Waals surface area contributed by atoms with Crippen molar-refractivity contribution in [2.45, 2.75) is 20.8 Å². The van der Waals surface area contributed by atoms with Gasteiger partial charge in [0.05, 0.1) is 0 Å². The van der Waals surface area contributed by atoms with Crippen LogP contribution in [-0.2, 0) is 4.79 Å². The van der Waals surface area contributed by atoms with Crippen LogP contribution in [-0.4, -0.2) is 5.78 Å². The van der Waals surface area contributed by atoms with Crippen molar-refractivity contribution in [1.82, 2.24) is 0 Å². The zero-order valence-electron chi connectivity index (χ0n) is 13.0. The maximum absolute atomic E-state index is 11.5. The Bertz CT molecular complexity index is 793. The van der Waals surface area contributed by atoms with E-state index in [9.17, 15) is 4.79 Å². The average molecular weight is 290 g/mol. The monoisotopic (exact) mass is 290 g/mol. The molecular formula is C20H18O2. The van der Waals surface area contributed by atoms with Gasteiger partial charge in [-0.1, -0.05) is 41.5 Å². The molecule has 1 aliphatic rings. The van der Waals surface area contributed by atoms with Gasteiger partial charge in [-0.05, 0) is 44.5 Å². The minimum Gasteiger partial charge on any atom is -0.456 e. The minimum absolute atomic E-state index is 0.0245. The van der Waals surface area contributed by atoms with Crippen molar-refractivity contribution in [2.75, 3.05) is 0 Å². The first-order chi connectivity index (χ1) is 10.5. The largest absolute Gasteiger partial charge is 0.456 e. The summed E-state index contributed by atoms with van der Waals surface area (Å²) in [6.07, 6.45) is 3.64. The van der Waals surface area contributed by atoms with Crippen LogP contribution in [0.3, 0.4) is 0 Å². The lowest BCUT2D eigenvalue weighted by atomic mass is 9.96. The SMILES string of the molecule is CC(=O)/C=C1\Oc2ccc(C)cc2C=C1c1ccc(C)cc1. The average Bonchev–Trinajstić information content (AvgIpc) is 2.47. The van der Waals surface area contributed by atoms with Gasteiger partial charge in [-0.3, -0.25) is 4.79 Å². The second-order valence-electron chi connectivity index (χ2n) is 5.69. The van der Waals surface area contributed by atoms with E-state index in [1.807, 2.05) is 12.1 Å². The van der Waals surface area contributed by atoms with Gasteiger partial charge in [-0.2, -0.15) is 0 Å². The van der Waals surface area contributed by atoms with Crippen LogP contribution < -0.4 is 4.74 Å². The molecule has 0 aromatic heterocycles. The number of aryl methyl sites for hydroxylation is 2. The van der Waals surface area contributed by atoms with Crippen molar-refractivity contribution in [1.29, 1.82) is 0 Å². The lowest BCUT2D eigenvalue weighted by Gasteiger charge is -2.21. The van der Waals surface area contributed by atoms with E-state index in [1.165, 1.54) is 18.1 Å². The third-order valence-electron chi connectivity index (χ3n) is 3.65. The quantitative estimate of drug-likeness (QED) is 0.749. The fraction of sp³-hybridized carbons (Fsp3) is 0.150. The van der Waals surface area contributed by atoms with Crippen molar-refractivity contribution in [3.05, 3.63) is 76.6 Å². The Hall–Kier alpha value is -2.61. The molecule has 1 heterocycles. The number of ether oxygens (including phenoxy) is 1. The standard InChI is InChI=1S/C20H18O2/c1-13-4-7-16(8-5-13)18-12-17-10-14(2)6-9-19(17)22-20(18)11-15(3)21/h4-12H,1-3H3/b20-11-. The molecule has 0 bridgehead atoms. The lowest BCUT2D eigenvalue weighted by Crippen LogP contribution is -2.07. The van der Waals surface area contributed by atoms with Gasteiger partial charge in [0.25, 0.3) is 0 Å². The molecule has 0 radical (unpaired) electrons.